The highest BCUT2D eigenvalue weighted by molar-refractivity contribution is 5.19. The molecule has 2 nitrogen and oxygen atoms in total. The Hall–Kier alpha value is -1.02. The Morgan fingerprint density at radius 2 is 2.33 bits per heavy atom. The number of nitrogens with two attached hydrogens (primary N) is 1. The van der Waals surface area contributed by atoms with Crippen molar-refractivity contribution >= 4 is 0 Å². The van der Waals surface area contributed by atoms with Gasteiger partial charge in [0.15, 0.2) is 0 Å². The van der Waals surface area contributed by atoms with Gasteiger partial charge in [-0.2, -0.15) is 0 Å². The fourth-order valence-corrected chi connectivity index (χ4v) is 1.72. The van der Waals surface area contributed by atoms with Gasteiger partial charge in [0.05, 0.1) is 0 Å². The van der Waals surface area contributed by atoms with Crippen molar-refractivity contribution in [3.05, 3.63) is 35.8 Å². The van der Waals surface area contributed by atoms with E-state index in [1.54, 1.807) is 0 Å². The van der Waals surface area contributed by atoms with Crippen LogP contribution in [0, 0.1) is 0 Å². The molecule has 0 atom stereocenters. The lowest BCUT2D eigenvalue weighted by Crippen LogP contribution is -2.16. The van der Waals surface area contributed by atoms with E-state index < -0.39 is 0 Å². The van der Waals surface area contributed by atoms with Crippen LogP contribution in [0.4, 0.5) is 0 Å². The van der Waals surface area contributed by atoms with Crippen LogP contribution in [0.2, 0.25) is 0 Å². The van der Waals surface area contributed by atoms with Gasteiger partial charge >= 0.3 is 0 Å². The summed E-state index contributed by atoms with van der Waals surface area (Å²) in [7, 11) is 0. The van der Waals surface area contributed by atoms with E-state index in [-0.39, 0.29) is 0 Å². The van der Waals surface area contributed by atoms with E-state index in [1.165, 1.54) is 36.1 Å². The minimum atomic E-state index is 0.612. The van der Waals surface area contributed by atoms with Crippen molar-refractivity contribution in [2.24, 2.45) is 5.73 Å². The Balaban J connectivity index is 2.76. The summed E-state index contributed by atoms with van der Waals surface area (Å²) >= 11 is 0. The van der Waals surface area contributed by atoms with Crippen LogP contribution in [0.15, 0.2) is 35.8 Å². The van der Waals surface area contributed by atoms with E-state index >= 15 is 0 Å². The Morgan fingerprint density at radius 3 is 2.93 bits per heavy atom. The smallest absolute Gasteiger partial charge is 0.0151 e. The maximum absolute atomic E-state index is 5.58. The lowest BCUT2D eigenvalue weighted by molar-refractivity contribution is 0.538. The fourth-order valence-electron chi connectivity index (χ4n) is 1.72. The molecule has 0 radical (unpaired) electrons. The highest BCUT2D eigenvalue weighted by atomic mass is 15.1. The molecular formula is C13H22N2. The van der Waals surface area contributed by atoms with Crippen LogP contribution < -0.4 is 5.73 Å². The third-order valence-electron chi connectivity index (χ3n) is 2.67. The quantitative estimate of drug-likeness (QED) is 0.765. The molecule has 2 N–H and O–H groups in total. The van der Waals surface area contributed by atoms with E-state index in [2.05, 4.69) is 37.7 Å². The number of allylic oxidation sites excluding steroid dienone is 2. The van der Waals surface area contributed by atoms with Crippen LogP contribution in [0.5, 0.6) is 0 Å². The first-order valence-corrected chi connectivity index (χ1v) is 5.70. The van der Waals surface area contributed by atoms with E-state index in [4.69, 9.17) is 5.73 Å². The molecule has 1 aliphatic heterocycles. The van der Waals surface area contributed by atoms with E-state index in [1.807, 2.05) is 0 Å². The lowest BCUT2D eigenvalue weighted by Gasteiger charge is -2.26. The van der Waals surface area contributed by atoms with Crippen molar-refractivity contribution < 1.29 is 0 Å². The molecule has 1 rings (SSSR count). The largest absolute Gasteiger partial charge is 0.328 e. The van der Waals surface area contributed by atoms with Gasteiger partial charge in [0.2, 0.25) is 0 Å². The zero-order valence-corrected chi connectivity index (χ0v) is 9.92. The predicted molar refractivity (Wildman–Crippen MR) is 66.0 cm³/mol. The molecule has 0 aromatic carbocycles. The highest BCUT2D eigenvalue weighted by Gasteiger charge is 2.11. The van der Waals surface area contributed by atoms with Crippen molar-refractivity contribution in [1.29, 1.82) is 0 Å². The summed E-state index contributed by atoms with van der Waals surface area (Å²) in [5.74, 6) is 0. The average Bonchev–Trinajstić information content (AvgIpc) is 2.23. The average molecular weight is 206 g/mol. The molecule has 1 heterocycles. The van der Waals surface area contributed by atoms with Crippen LogP contribution in [0.3, 0.4) is 0 Å². The molecule has 84 valence electrons. The van der Waals surface area contributed by atoms with E-state index in [0.717, 1.165) is 6.42 Å². The molecule has 15 heavy (non-hydrogen) atoms. The third-order valence-corrected chi connectivity index (χ3v) is 2.67. The first-order valence-electron chi connectivity index (χ1n) is 5.70. The molecule has 0 saturated carbocycles. The predicted octanol–water partition coefficient (Wildman–Crippen LogP) is 3.14. The second-order valence-corrected chi connectivity index (χ2v) is 4.19. The first-order chi connectivity index (χ1) is 7.17. The molecule has 1 aliphatic rings. The molecule has 0 aromatic heterocycles. The maximum Gasteiger partial charge on any atom is 0.0151 e. The number of hydrogen-bond acceptors (Lipinski definition) is 2. The van der Waals surface area contributed by atoms with Crippen molar-refractivity contribution in [1.82, 2.24) is 4.90 Å². The summed E-state index contributed by atoms with van der Waals surface area (Å²) < 4.78 is 0. The van der Waals surface area contributed by atoms with Crippen LogP contribution in [-0.2, 0) is 0 Å². The molecule has 0 aliphatic carbocycles. The molecule has 0 saturated heterocycles. The first kappa shape index (κ1) is 12.1. The standard InChI is InChI=1S/C13H22N2/c1-4-5-13-7-6-12(3)15(10-13)9-11(2)8-14/h9-10H,3-8,14H2,1-2H3/b11-9+. The minimum Gasteiger partial charge on any atom is -0.328 e. The van der Waals surface area contributed by atoms with E-state index in [0.29, 0.717) is 6.54 Å². The summed E-state index contributed by atoms with van der Waals surface area (Å²) in [5, 5.41) is 0. The van der Waals surface area contributed by atoms with Crippen LogP contribution in [0.1, 0.15) is 39.5 Å². The van der Waals surface area contributed by atoms with Crippen LogP contribution >= 0.6 is 0 Å². The molecular weight excluding hydrogens is 184 g/mol. The molecule has 2 heteroatoms. The third kappa shape index (κ3) is 3.56. The van der Waals surface area contributed by atoms with Gasteiger partial charge in [0.1, 0.15) is 0 Å². The van der Waals surface area contributed by atoms with Crippen LogP contribution in [0.25, 0.3) is 0 Å². The van der Waals surface area contributed by atoms with Crippen molar-refractivity contribution in [2.75, 3.05) is 6.54 Å². The second kappa shape index (κ2) is 5.76. The Morgan fingerprint density at radius 1 is 1.60 bits per heavy atom. The zero-order chi connectivity index (χ0) is 11.3. The van der Waals surface area contributed by atoms with Gasteiger partial charge in [0.25, 0.3) is 0 Å². The molecule has 0 bridgehead atoms. The SMILES string of the molecule is C=C1CCC(CCC)=CN1/C=C(\C)CN. The molecule has 0 aromatic rings. The summed E-state index contributed by atoms with van der Waals surface area (Å²) in [6, 6.07) is 0. The summed E-state index contributed by atoms with van der Waals surface area (Å²) in [4.78, 5) is 2.14. The van der Waals surface area contributed by atoms with Crippen molar-refractivity contribution in [3.63, 3.8) is 0 Å². The second-order valence-electron chi connectivity index (χ2n) is 4.19. The summed E-state index contributed by atoms with van der Waals surface area (Å²) in [6.45, 7) is 8.95. The molecule has 0 unspecified atom stereocenters. The zero-order valence-electron chi connectivity index (χ0n) is 9.92. The topological polar surface area (TPSA) is 29.3 Å². The number of nitrogens with zero attached hydrogens (tertiary/aromatic N) is 1. The normalized spacial score (nSPS) is 18.1. The number of hydrogen-bond donors (Lipinski definition) is 1. The fraction of sp³-hybridized carbons (Fsp3) is 0.538. The molecule has 0 fully saturated rings. The molecule has 0 spiro atoms. The number of rotatable bonds is 4. The maximum atomic E-state index is 5.58. The van der Waals surface area contributed by atoms with Crippen molar-refractivity contribution in [2.45, 2.75) is 39.5 Å². The lowest BCUT2D eigenvalue weighted by atomic mass is 10.0. The van der Waals surface area contributed by atoms with Gasteiger partial charge in [-0.05, 0) is 31.8 Å². The van der Waals surface area contributed by atoms with Gasteiger partial charge in [0, 0.05) is 24.6 Å². The van der Waals surface area contributed by atoms with E-state index in [9.17, 15) is 0 Å². The molecule has 0 amide bonds. The highest BCUT2D eigenvalue weighted by Crippen LogP contribution is 2.25. The van der Waals surface area contributed by atoms with Gasteiger partial charge < -0.3 is 10.6 Å². The minimum absolute atomic E-state index is 0.612. The monoisotopic (exact) mass is 206 g/mol. The van der Waals surface area contributed by atoms with Gasteiger partial charge in [-0.1, -0.05) is 25.5 Å². The van der Waals surface area contributed by atoms with Gasteiger partial charge in [-0.25, -0.2) is 0 Å². The van der Waals surface area contributed by atoms with Crippen molar-refractivity contribution in [3.8, 4) is 0 Å². The van der Waals surface area contributed by atoms with Gasteiger partial charge in [-0.3, -0.25) is 0 Å². The van der Waals surface area contributed by atoms with Gasteiger partial charge in [-0.15, -0.1) is 0 Å². The summed E-state index contributed by atoms with van der Waals surface area (Å²) in [6.07, 6.45) is 8.95. The summed E-state index contributed by atoms with van der Waals surface area (Å²) in [5.41, 5.74) is 9.46. The Labute approximate surface area is 93.1 Å². The van der Waals surface area contributed by atoms with Crippen LogP contribution in [-0.4, -0.2) is 11.4 Å². The Kier molecular flexibility index (Phi) is 4.63. The Bertz CT molecular complexity index is 287.